The molecule has 0 aromatic rings. The molecule has 0 aromatic heterocycles. The van der Waals surface area contributed by atoms with Gasteiger partial charge in [0.25, 0.3) is 0 Å². The van der Waals surface area contributed by atoms with Crippen LogP contribution in [0.3, 0.4) is 0 Å². The van der Waals surface area contributed by atoms with Crippen LogP contribution in [0.25, 0.3) is 0 Å². The average molecular weight is 517 g/mol. The van der Waals surface area contributed by atoms with Crippen LogP contribution in [0.2, 0.25) is 0 Å². The molecule has 2 rings (SSSR count). The molecule has 0 bridgehead atoms. The van der Waals surface area contributed by atoms with Gasteiger partial charge in [0, 0.05) is 46.4 Å². The highest BCUT2D eigenvalue weighted by Gasteiger charge is 2.31. The number of carbonyl (C=O) groups is 1. The average Bonchev–Trinajstić information content (AvgIpc) is 3.24. The highest BCUT2D eigenvalue weighted by molar-refractivity contribution is 14.0. The summed E-state index contributed by atoms with van der Waals surface area (Å²) in [6, 6.07) is -0.0933. The van der Waals surface area contributed by atoms with Gasteiger partial charge in [0.2, 0.25) is 15.9 Å². The second-order valence-corrected chi connectivity index (χ2v) is 8.95. The summed E-state index contributed by atoms with van der Waals surface area (Å²) in [5, 5.41) is 6.40. The Labute approximate surface area is 179 Å². The van der Waals surface area contributed by atoms with Gasteiger partial charge < -0.3 is 20.3 Å². The number of rotatable bonds is 7. The van der Waals surface area contributed by atoms with Gasteiger partial charge in [0.05, 0.1) is 12.4 Å². The van der Waals surface area contributed by atoms with Crippen molar-refractivity contribution in [1.29, 1.82) is 0 Å². The van der Waals surface area contributed by atoms with Crippen LogP contribution in [0.15, 0.2) is 4.99 Å². The number of nitrogens with zero attached hydrogens (tertiary/aromatic N) is 3. The number of likely N-dealkylation sites (N-methyl/N-ethyl adjacent to an activating group) is 1. The summed E-state index contributed by atoms with van der Waals surface area (Å²) >= 11 is 0. The molecule has 1 unspecified atom stereocenters. The zero-order valence-corrected chi connectivity index (χ0v) is 19.5. The van der Waals surface area contributed by atoms with Gasteiger partial charge in [-0.25, -0.2) is 13.4 Å². The number of carbonyl (C=O) groups excluding carboxylic acids is 1. The molecule has 0 radical (unpaired) electrons. The number of hydrogen-bond acceptors (Lipinski definition) is 5. The SMILES string of the molecule is CN(C)C(=O)CN=C(NCC1CCCO1)NC[C@H]1CCCN1S(C)(=O)=O.I. The van der Waals surface area contributed by atoms with E-state index in [1.54, 1.807) is 14.1 Å². The molecular weight excluding hydrogens is 485 g/mol. The Kier molecular flexibility index (Phi) is 10.3. The van der Waals surface area contributed by atoms with Gasteiger partial charge >= 0.3 is 0 Å². The molecule has 11 heteroatoms. The van der Waals surface area contributed by atoms with Crippen molar-refractivity contribution in [3.63, 3.8) is 0 Å². The van der Waals surface area contributed by atoms with Gasteiger partial charge in [0.1, 0.15) is 6.54 Å². The Hall–Kier alpha value is -0.660. The number of hydrogen-bond donors (Lipinski definition) is 2. The predicted molar refractivity (Wildman–Crippen MR) is 116 cm³/mol. The van der Waals surface area contributed by atoms with Gasteiger partial charge in [-0.2, -0.15) is 4.31 Å². The van der Waals surface area contributed by atoms with Gasteiger partial charge in [-0.1, -0.05) is 0 Å². The molecule has 1 amide bonds. The third-order valence-electron chi connectivity index (χ3n) is 4.65. The van der Waals surface area contributed by atoms with E-state index in [4.69, 9.17) is 4.74 Å². The number of nitrogens with one attached hydrogen (secondary N) is 2. The lowest BCUT2D eigenvalue weighted by molar-refractivity contribution is -0.127. The topological polar surface area (TPSA) is 103 Å². The summed E-state index contributed by atoms with van der Waals surface area (Å²) in [4.78, 5) is 17.6. The quantitative estimate of drug-likeness (QED) is 0.276. The minimum Gasteiger partial charge on any atom is -0.376 e. The van der Waals surface area contributed by atoms with E-state index < -0.39 is 10.0 Å². The molecule has 2 saturated heterocycles. The summed E-state index contributed by atoms with van der Waals surface area (Å²) in [7, 11) is 0.166. The van der Waals surface area contributed by atoms with Crippen LogP contribution < -0.4 is 10.6 Å². The number of aliphatic imine (C=N–C) groups is 1. The first-order valence-corrected chi connectivity index (χ1v) is 10.9. The largest absolute Gasteiger partial charge is 0.376 e. The van der Waals surface area contributed by atoms with Crippen LogP contribution in [0.5, 0.6) is 0 Å². The van der Waals surface area contributed by atoms with Crippen molar-refractivity contribution in [2.75, 3.05) is 53.1 Å². The molecule has 2 atom stereocenters. The van der Waals surface area contributed by atoms with E-state index in [-0.39, 0.29) is 48.6 Å². The molecule has 2 aliphatic heterocycles. The van der Waals surface area contributed by atoms with Crippen molar-refractivity contribution in [2.45, 2.75) is 37.8 Å². The Morgan fingerprint density at radius 1 is 1.22 bits per heavy atom. The third kappa shape index (κ3) is 8.08. The number of sulfonamides is 1. The van der Waals surface area contributed by atoms with Crippen molar-refractivity contribution in [1.82, 2.24) is 19.8 Å². The van der Waals surface area contributed by atoms with Gasteiger partial charge in [-0.05, 0) is 25.7 Å². The van der Waals surface area contributed by atoms with Crippen LogP contribution in [0.1, 0.15) is 25.7 Å². The van der Waals surface area contributed by atoms with E-state index in [1.807, 2.05) is 0 Å². The van der Waals surface area contributed by atoms with Gasteiger partial charge in [-0.3, -0.25) is 4.79 Å². The van der Waals surface area contributed by atoms with Crippen molar-refractivity contribution in [3.8, 4) is 0 Å². The fraction of sp³-hybridized carbons (Fsp3) is 0.875. The second kappa shape index (κ2) is 11.4. The highest BCUT2D eigenvalue weighted by Crippen LogP contribution is 2.19. The minimum atomic E-state index is -3.21. The molecule has 2 fully saturated rings. The molecule has 0 aliphatic carbocycles. The second-order valence-electron chi connectivity index (χ2n) is 7.02. The predicted octanol–water partition coefficient (Wildman–Crippen LogP) is -0.169. The summed E-state index contributed by atoms with van der Waals surface area (Å²) in [5.74, 6) is 0.415. The van der Waals surface area contributed by atoms with E-state index in [0.29, 0.717) is 25.6 Å². The standard InChI is InChI=1S/C16H31N5O4S.HI/c1-20(2)15(22)12-19-16(18-11-14-7-5-9-25-14)17-10-13-6-4-8-21(13)26(3,23)24;/h13-14H,4-12H2,1-3H3,(H2,17,18,19);1H/t13-,14?;/m1./s1. The first-order valence-electron chi connectivity index (χ1n) is 9.08. The van der Waals surface area contributed by atoms with Crippen molar-refractivity contribution in [3.05, 3.63) is 0 Å². The number of guanidine groups is 1. The van der Waals surface area contributed by atoms with Crippen molar-refractivity contribution in [2.24, 2.45) is 4.99 Å². The summed E-state index contributed by atoms with van der Waals surface area (Å²) < 4.78 is 30.9. The first kappa shape index (κ1) is 24.4. The van der Waals surface area contributed by atoms with E-state index >= 15 is 0 Å². The lowest BCUT2D eigenvalue weighted by Crippen LogP contribution is -2.47. The van der Waals surface area contributed by atoms with Gasteiger partial charge in [0.15, 0.2) is 5.96 Å². The summed E-state index contributed by atoms with van der Waals surface area (Å²) in [6.45, 7) is 2.44. The van der Waals surface area contributed by atoms with Gasteiger partial charge in [-0.15, -0.1) is 24.0 Å². The zero-order chi connectivity index (χ0) is 19.2. The highest BCUT2D eigenvalue weighted by atomic mass is 127. The van der Waals surface area contributed by atoms with E-state index in [9.17, 15) is 13.2 Å². The van der Waals surface area contributed by atoms with Crippen LogP contribution in [0, 0.1) is 0 Å². The molecule has 158 valence electrons. The molecule has 2 heterocycles. The Morgan fingerprint density at radius 3 is 2.52 bits per heavy atom. The molecule has 27 heavy (non-hydrogen) atoms. The number of halogens is 1. The van der Waals surface area contributed by atoms with Crippen LogP contribution in [-0.4, -0.2) is 94.8 Å². The molecule has 2 N–H and O–H groups in total. The van der Waals surface area contributed by atoms with E-state index in [0.717, 1.165) is 32.3 Å². The molecular formula is C16H32IN5O4S. The number of amides is 1. The number of ether oxygens (including phenoxy) is 1. The lowest BCUT2D eigenvalue weighted by Gasteiger charge is -2.24. The van der Waals surface area contributed by atoms with Crippen molar-refractivity contribution < 1.29 is 17.9 Å². The smallest absolute Gasteiger partial charge is 0.243 e. The van der Waals surface area contributed by atoms with Crippen LogP contribution >= 0.6 is 24.0 Å². The van der Waals surface area contributed by atoms with Crippen molar-refractivity contribution >= 4 is 45.9 Å². The maximum absolute atomic E-state index is 11.9. The fourth-order valence-electron chi connectivity index (χ4n) is 3.14. The Balaban J connectivity index is 0.00000364. The monoisotopic (exact) mass is 517 g/mol. The van der Waals surface area contributed by atoms with Crippen LogP contribution in [0.4, 0.5) is 0 Å². The van der Waals surface area contributed by atoms with Crippen LogP contribution in [-0.2, 0) is 19.6 Å². The minimum absolute atomic E-state index is 0. The normalized spacial score (nSPS) is 23.7. The Morgan fingerprint density at radius 2 is 1.93 bits per heavy atom. The maximum Gasteiger partial charge on any atom is 0.243 e. The lowest BCUT2D eigenvalue weighted by atomic mass is 10.2. The summed E-state index contributed by atoms with van der Waals surface area (Å²) in [6.07, 6.45) is 5.11. The zero-order valence-electron chi connectivity index (χ0n) is 16.3. The molecule has 2 aliphatic rings. The maximum atomic E-state index is 11.9. The molecule has 0 saturated carbocycles. The molecule has 0 aromatic carbocycles. The Bertz CT molecular complexity index is 608. The third-order valence-corrected chi connectivity index (χ3v) is 5.98. The van der Waals surface area contributed by atoms with E-state index in [1.165, 1.54) is 15.5 Å². The first-order chi connectivity index (χ1) is 12.3. The van der Waals surface area contributed by atoms with E-state index in [2.05, 4.69) is 15.6 Å². The molecule has 0 spiro atoms. The molecule has 9 nitrogen and oxygen atoms in total. The summed E-state index contributed by atoms with van der Waals surface area (Å²) in [5.41, 5.74) is 0. The fourth-order valence-corrected chi connectivity index (χ4v) is 4.32.